The van der Waals surface area contributed by atoms with Crippen LogP contribution in [0.3, 0.4) is 0 Å². The lowest BCUT2D eigenvalue weighted by atomic mass is 10.5. The summed E-state index contributed by atoms with van der Waals surface area (Å²) < 4.78 is 11.0. The Morgan fingerprint density at radius 2 is 2.54 bits per heavy atom. The van der Waals surface area contributed by atoms with E-state index in [9.17, 15) is 4.21 Å². The van der Waals surface area contributed by atoms with Crippen LogP contribution in [-0.2, 0) is 10.8 Å². The SMILES string of the molecule is CC1CN=C(NCC(C)S(C)=O)S1. The van der Waals surface area contributed by atoms with Crippen molar-refractivity contribution >= 4 is 27.7 Å². The van der Waals surface area contributed by atoms with Crippen molar-refractivity contribution in [1.82, 2.24) is 5.32 Å². The first kappa shape index (κ1) is 11.0. The molecule has 5 heteroatoms. The molecular weight excluding hydrogens is 204 g/mol. The number of hydrogen-bond donors (Lipinski definition) is 1. The lowest BCUT2D eigenvalue weighted by molar-refractivity contribution is 0.674. The molecule has 1 N–H and O–H groups in total. The normalized spacial score (nSPS) is 26.7. The van der Waals surface area contributed by atoms with Crippen LogP contribution in [0, 0.1) is 0 Å². The van der Waals surface area contributed by atoms with Gasteiger partial charge in [0.25, 0.3) is 0 Å². The van der Waals surface area contributed by atoms with Gasteiger partial charge in [0.1, 0.15) is 0 Å². The number of nitrogens with zero attached hydrogens (tertiary/aromatic N) is 1. The van der Waals surface area contributed by atoms with E-state index < -0.39 is 10.8 Å². The Bertz CT molecular complexity index is 230. The number of aliphatic imine (C=N–C) groups is 1. The molecule has 0 fully saturated rings. The first-order valence-electron chi connectivity index (χ1n) is 4.37. The van der Waals surface area contributed by atoms with E-state index in [1.165, 1.54) is 0 Å². The molecule has 0 aromatic carbocycles. The van der Waals surface area contributed by atoms with Gasteiger partial charge >= 0.3 is 0 Å². The molecule has 0 amide bonds. The maximum absolute atomic E-state index is 11.0. The molecule has 0 saturated carbocycles. The third-order valence-corrected chi connectivity index (χ3v) is 4.26. The second kappa shape index (κ2) is 5.00. The van der Waals surface area contributed by atoms with Crippen LogP contribution in [-0.4, -0.2) is 39.2 Å². The molecule has 1 rings (SSSR count). The molecule has 1 aliphatic rings. The summed E-state index contributed by atoms with van der Waals surface area (Å²) in [5, 5.41) is 5.00. The predicted molar refractivity (Wildman–Crippen MR) is 60.9 cm³/mol. The van der Waals surface area contributed by atoms with Gasteiger partial charge in [-0.2, -0.15) is 0 Å². The summed E-state index contributed by atoms with van der Waals surface area (Å²) in [4.78, 5) is 4.32. The number of nitrogens with one attached hydrogen (secondary N) is 1. The first-order valence-corrected chi connectivity index (χ1v) is 6.87. The van der Waals surface area contributed by atoms with E-state index in [1.807, 2.05) is 6.92 Å². The van der Waals surface area contributed by atoms with E-state index >= 15 is 0 Å². The summed E-state index contributed by atoms with van der Waals surface area (Å²) in [5.74, 6) is 0. The minimum absolute atomic E-state index is 0.194. The Labute approximate surface area is 86.2 Å². The van der Waals surface area contributed by atoms with E-state index in [1.54, 1.807) is 18.0 Å². The fourth-order valence-corrected chi connectivity index (χ4v) is 2.09. The van der Waals surface area contributed by atoms with Crippen molar-refractivity contribution in [3.8, 4) is 0 Å². The van der Waals surface area contributed by atoms with Gasteiger partial charge in [0, 0.05) is 34.1 Å². The quantitative estimate of drug-likeness (QED) is 0.766. The highest BCUT2D eigenvalue weighted by Gasteiger charge is 2.15. The molecule has 0 aliphatic carbocycles. The summed E-state index contributed by atoms with van der Waals surface area (Å²) in [6.07, 6.45) is 1.73. The molecule has 0 spiro atoms. The van der Waals surface area contributed by atoms with Gasteiger partial charge in [0.2, 0.25) is 0 Å². The zero-order chi connectivity index (χ0) is 9.84. The van der Waals surface area contributed by atoms with Crippen LogP contribution in [0.4, 0.5) is 0 Å². The molecule has 3 nitrogen and oxygen atoms in total. The number of hydrogen-bond acceptors (Lipinski definition) is 4. The van der Waals surface area contributed by atoms with Gasteiger partial charge in [0.15, 0.2) is 5.17 Å². The second-order valence-electron chi connectivity index (χ2n) is 3.26. The summed E-state index contributed by atoms with van der Waals surface area (Å²) in [7, 11) is -0.746. The van der Waals surface area contributed by atoms with Gasteiger partial charge < -0.3 is 5.32 Å². The Balaban J connectivity index is 2.23. The van der Waals surface area contributed by atoms with Crippen molar-refractivity contribution in [3.05, 3.63) is 0 Å². The maximum Gasteiger partial charge on any atom is 0.156 e. The Morgan fingerprint density at radius 1 is 1.85 bits per heavy atom. The van der Waals surface area contributed by atoms with Gasteiger partial charge in [-0.25, -0.2) is 0 Å². The minimum atomic E-state index is -0.746. The zero-order valence-corrected chi connectivity index (χ0v) is 9.87. The lowest BCUT2D eigenvalue weighted by Crippen LogP contribution is -2.30. The molecule has 3 unspecified atom stereocenters. The van der Waals surface area contributed by atoms with E-state index in [0.29, 0.717) is 5.25 Å². The van der Waals surface area contributed by atoms with Gasteiger partial charge in [-0.05, 0) is 6.92 Å². The third kappa shape index (κ3) is 3.68. The molecule has 0 radical (unpaired) electrons. The molecule has 0 aromatic heterocycles. The topological polar surface area (TPSA) is 41.5 Å². The van der Waals surface area contributed by atoms with E-state index in [2.05, 4.69) is 17.2 Å². The molecule has 0 bridgehead atoms. The minimum Gasteiger partial charge on any atom is -0.364 e. The van der Waals surface area contributed by atoms with Crippen molar-refractivity contribution in [2.24, 2.45) is 4.99 Å². The van der Waals surface area contributed by atoms with Gasteiger partial charge in [-0.3, -0.25) is 9.20 Å². The summed E-state index contributed by atoms with van der Waals surface area (Å²) in [6.45, 7) is 5.79. The average Bonchev–Trinajstić information content (AvgIpc) is 2.47. The highest BCUT2D eigenvalue weighted by atomic mass is 32.2. The summed E-state index contributed by atoms with van der Waals surface area (Å²) in [6, 6.07) is 0. The molecule has 76 valence electrons. The number of thioether (sulfide) groups is 1. The van der Waals surface area contributed by atoms with Crippen molar-refractivity contribution in [2.75, 3.05) is 19.3 Å². The van der Waals surface area contributed by atoms with E-state index in [0.717, 1.165) is 18.3 Å². The average molecular weight is 220 g/mol. The first-order chi connectivity index (χ1) is 6.09. The monoisotopic (exact) mass is 220 g/mol. The van der Waals surface area contributed by atoms with Crippen molar-refractivity contribution in [3.63, 3.8) is 0 Å². The maximum atomic E-state index is 11.0. The smallest absolute Gasteiger partial charge is 0.156 e. The van der Waals surface area contributed by atoms with Crippen LogP contribution in [0.1, 0.15) is 13.8 Å². The van der Waals surface area contributed by atoms with Gasteiger partial charge in [-0.15, -0.1) is 0 Å². The Hall–Kier alpha value is -0.0300. The van der Waals surface area contributed by atoms with Crippen molar-refractivity contribution in [1.29, 1.82) is 0 Å². The Morgan fingerprint density at radius 3 is 3.00 bits per heavy atom. The highest BCUT2D eigenvalue weighted by molar-refractivity contribution is 8.14. The summed E-state index contributed by atoms with van der Waals surface area (Å²) in [5.41, 5.74) is 0. The number of rotatable bonds is 3. The second-order valence-corrected chi connectivity index (χ2v) is 6.49. The van der Waals surface area contributed by atoms with Crippen LogP contribution in [0.2, 0.25) is 0 Å². The highest BCUT2D eigenvalue weighted by Crippen LogP contribution is 2.18. The predicted octanol–water partition coefficient (Wildman–Crippen LogP) is 0.834. The van der Waals surface area contributed by atoms with E-state index in [4.69, 9.17) is 0 Å². The molecule has 1 aliphatic heterocycles. The standard InChI is InChI=1S/C8H16N2OS2/c1-6-4-9-8(12-6)10-5-7(2)13(3)11/h6-7H,4-5H2,1-3H3,(H,9,10). The van der Waals surface area contributed by atoms with Crippen LogP contribution < -0.4 is 5.32 Å². The van der Waals surface area contributed by atoms with Crippen LogP contribution in [0.25, 0.3) is 0 Å². The largest absolute Gasteiger partial charge is 0.364 e. The molecule has 0 saturated heterocycles. The molecule has 13 heavy (non-hydrogen) atoms. The fourth-order valence-electron chi connectivity index (χ4n) is 0.923. The zero-order valence-electron chi connectivity index (χ0n) is 8.24. The molecule has 3 atom stereocenters. The van der Waals surface area contributed by atoms with Gasteiger partial charge in [-0.1, -0.05) is 18.7 Å². The van der Waals surface area contributed by atoms with Gasteiger partial charge in [0.05, 0.1) is 6.54 Å². The van der Waals surface area contributed by atoms with Crippen LogP contribution >= 0.6 is 11.8 Å². The van der Waals surface area contributed by atoms with Crippen LogP contribution in [0.5, 0.6) is 0 Å². The Kier molecular flexibility index (Phi) is 4.25. The summed E-state index contributed by atoms with van der Waals surface area (Å²) >= 11 is 1.76. The van der Waals surface area contributed by atoms with Crippen molar-refractivity contribution in [2.45, 2.75) is 24.3 Å². The van der Waals surface area contributed by atoms with Crippen molar-refractivity contribution < 1.29 is 4.21 Å². The van der Waals surface area contributed by atoms with Crippen LogP contribution in [0.15, 0.2) is 4.99 Å². The fraction of sp³-hybridized carbons (Fsp3) is 0.875. The van der Waals surface area contributed by atoms with E-state index in [-0.39, 0.29) is 5.25 Å². The number of amidine groups is 1. The molecule has 0 aromatic rings. The lowest BCUT2D eigenvalue weighted by Gasteiger charge is -2.10. The third-order valence-electron chi connectivity index (χ3n) is 1.91. The molecule has 1 heterocycles. The molecular formula is C8H16N2OS2.